The molecule has 2 aromatic heterocycles. The molecule has 0 saturated carbocycles. The van der Waals surface area contributed by atoms with E-state index in [4.69, 9.17) is 9.47 Å². The standard InChI is InChI=1S/C13H13F3N4O4/c1-4-24-11(21)7-5-9(13(14,15)16)20(19-7)8-6-17-12(23-3)18-10(8)22-2/h5-6H,4H2,1-3H3. The minimum Gasteiger partial charge on any atom is -0.479 e. The Kier molecular flexibility index (Phi) is 4.90. The minimum atomic E-state index is -4.78. The van der Waals surface area contributed by atoms with E-state index >= 15 is 0 Å². The molecule has 0 fully saturated rings. The van der Waals surface area contributed by atoms with E-state index in [0.29, 0.717) is 10.7 Å². The predicted octanol–water partition coefficient (Wildman–Crippen LogP) is 1.88. The van der Waals surface area contributed by atoms with Gasteiger partial charge in [0.1, 0.15) is 11.4 Å². The Hall–Kier alpha value is -2.85. The number of methoxy groups -OCH3 is 2. The topological polar surface area (TPSA) is 88.4 Å². The van der Waals surface area contributed by atoms with Crippen molar-refractivity contribution < 1.29 is 32.2 Å². The summed E-state index contributed by atoms with van der Waals surface area (Å²) in [5.41, 5.74) is -1.90. The van der Waals surface area contributed by atoms with Crippen molar-refractivity contribution in [3.63, 3.8) is 0 Å². The average molecular weight is 346 g/mol. The second-order valence-corrected chi connectivity index (χ2v) is 4.30. The van der Waals surface area contributed by atoms with Crippen LogP contribution in [0, 0.1) is 0 Å². The fourth-order valence-electron chi connectivity index (χ4n) is 1.81. The first-order valence-electron chi connectivity index (χ1n) is 6.61. The van der Waals surface area contributed by atoms with E-state index in [9.17, 15) is 18.0 Å². The molecule has 0 aliphatic rings. The van der Waals surface area contributed by atoms with Gasteiger partial charge in [-0.2, -0.15) is 23.3 Å². The van der Waals surface area contributed by atoms with Gasteiger partial charge < -0.3 is 14.2 Å². The summed E-state index contributed by atoms with van der Waals surface area (Å²) in [4.78, 5) is 19.2. The number of nitrogens with zero attached hydrogens (tertiary/aromatic N) is 4. The number of ether oxygens (including phenoxy) is 3. The van der Waals surface area contributed by atoms with Crippen LogP contribution in [-0.4, -0.2) is 46.5 Å². The lowest BCUT2D eigenvalue weighted by molar-refractivity contribution is -0.142. The fourth-order valence-corrected chi connectivity index (χ4v) is 1.81. The van der Waals surface area contributed by atoms with E-state index in [1.165, 1.54) is 21.1 Å². The number of hydrogen-bond donors (Lipinski definition) is 0. The first-order chi connectivity index (χ1) is 11.3. The van der Waals surface area contributed by atoms with Gasteiger partial charge in [0, 0.05) is 6.07 Å². The van der Waals surface area contributed by atoms with Gasteiger partial charge in [0.25, 0.3) is 0 Å². The van der Waals surface area contributed by atoms with Crippen molar-refractivity contribution in [2.24, 2.45) is 0 Å². The van der Waals surface area contributed by atoms with Gasteiger partial charge in [-0.25, -0.2) is 14.5 Å². The smallest absolute Gasteiger partial charge is 0.433 e. The summed E-state index contributed by atoms with van der Waals surface area (Å²) in [6.45, 7) is 1.53. The number of carbonyl (C=O) groups is 1. The maximum Gasteiger partial charge on any atom is 0.433 e. The highest BCUT2D eigenvalue weighted by molar-refractivity contribution is 5.87. The van der Waals surface area contributed by atoms with Gasteiger partial charge in [-0.15, -0.1) is 0 Å². The van der Waals surface area contributed by atoms with Gasteiger partial charge in [-0.05, 0) is 6.92 Å². The van der Waals surface area contributed by atoms with Crippen LogP contribution in [0.5, 0.6) is 11.9 Å². The predicted molar refractivity (Wildman–Crippen MR) is 73.2 cm³/mol. The number of aromatic nitrogens is 4. The van der Waals surface area contributed by atoms with Crippen molar-refractivity contribution in [1.29, 1.82) is 0 Å². The molecule has 0 N–H and O–H groups in total. The van der Waals surface area contributed by atoms with Crippen molar-refractivity contribution in [2.45, 2.75) is 13.1 Å². The molecule has 2 heterocycles. The van der Waals surface area contributed by atoms with Gasteiger partial charge in [0.15, 0.2) is 5.69 Å². The van der Waals surface area contributed by atoms with Gasteiger partial charge >= 0.3 is 18.2 Å². The number of esters is 1. The number of alkyl halides is 3. The molecule has 0 spiro atoms. The summed E-state index contributed by atoms with van der Waals surface area (Å²) in [5, 5.41) is 3.65. The third kappa shape index (κ3) is 3.39. The summed E-state index contributed by atoms with van der Waals surface area (Å²) in [5.74, 6) is -1.18. The molecule has 0 aromatic carbocycles. The van der Waals surface area contributed by atoms with E-state index in [0.717, 1.165) is 6.20 Å². The van der Waals surface area contributed by atoms with Crippen molar-refractivity contribution >= 4 is 5.97 Å². The van der Waals surface area contributed by atoms with E-state index < -0.39 is 23.5 Å². The summed E-state index contributed by atoms with van der Waals surface area (Å²) in [6, 6.07) is 0.490. The molecule has 2 rings (SSSR count). The molecule has 8 nitrogen and oxygen atoms in total. The molecule has 0 bridgehead atoms. The maximum atomic E-state index is 13.3. The molecule has 0 saturated heterocycles. The Morgan fingerprint density at radius 1 is 1.29 bits per heavy atom. The lowest BCUT2D eigenvalue weighted by Gasteiger charge is -2.12. The lowest BCUT2D eigenvalue weighted by atomic mass is 10.3. The molecule has 0 unspecified atom stereocenters. The van der Waals surface area contributed by atoms with Crippen molar-refractivity contribution in [1.82, 2.24) is 19.7 Å². The van der Waals surface area contributed by atoms with Crippen LogP contribution in [0.4, 0.5) is 13.2 Å². The molecule has 0 amide bonds. The molecule has 2 aromatic rings. The number of rotatable bonds is 5. The Balaban J connectivity index is 2.62. The van der Waals surface area contributed by atoms with Crippen LogP contribution >= 0.6 is 0 Å². The van der Waals surface area contributed by atoms with E-state index in [1.54, 1.807) is 0 Å². The first-order valence-corrected chi connectivity index (χ1v) is 6.61. The van der Waals surface area contributed by atoms with Crippen LogP contribution in [0.25, 0.3) is 5.69 Å². The van der Waals surface area contributed by atoms with Crippen molar-refractivity contribution in [2.75, 3.05) is 20.8 Å². The molecule has 0 aliphatic carbocycles. The SMILES string of the molecule is CCOC(=O)c1cc(C(F)(F)F)n(-c2cnc(OC)nc2OC)n1. The Morgan fingerprint density at radius 3 is 2.54 bits per heavy atom. The quantitative estimate of drug-likeness (QED) is 0.764. The first kappa shape index (κ1) is 17.5. The van der Waals surface area contributed by atoms with Gasteiger partial charge in [0.2, 0.25) is 5.88 Å². The molecule has 0 aliphatic heterocycles. The zero-order valence-electron chi connectivity index (χ0n) is 12.9. The average Bonchev–Trinajstić information content (AvgIpc) is 3.00. The van der Waals surface area contributed by atoms with Crippen LogP contribution < -0.4 is 9.47 Å². The largest absolute Gasteiger partial charge is 0.479 e. The molecular weight excluding hydrogens is 333 g/mol. The summed E-state index contributed by atoms with van der Waals surface area (Å²) in [6.07, 6.45) is -3.73. The molecule has 11 heteroatoms. The second kappa shape index (κ2) is 6.72. The van der Waals surface area contributed by atoms with E-state index in [1.807, 2.05) is 0 Å². The molecule has 24 heavy (non-hydrogen) atoms. The summed E-state index contributed by atoms with van der Waals surface area (Å²) in [7, 11) is 2.51. The number of halogens is 3. The highest BCUT2D eigenvalue weighted by atomic mass is 19.4. The van der Waals surface area contributed by atoms with Crippen molar-refractivity contribution in [3.8, 4) is 17.6 Å². The third-order valence-electron chi connectivity index (χ3n) is 2.80. The third-order valence-corrected chi connectivity index (χ3v) is 2.80. The summed E-state index contributed by atoms with van der Waals surface area (Å²) < 4.78 is 54.7. The van der Waals surface area contributed by atoms with Crippen molar-refractivity contribution in [3.05, 3.63) is 23.7 Å². The number of hydrogen-bond acceptors (Lipinski definition) is 7. The Labute approximate surface area is 134 Å². The fraction of sp³-hybridized carbons (Fsp3) is 0.385. The zero-order valence-corrected chi connectivity index (χ0v) is 12.9. The molecule has 0 atom stereocenters. The Morgan fingerprint density at radius 2 is 2.00 bits per heavy atom. The lowest BCUT2D eigenvalue weighted by Crippen LogP contribution is -2.15. The van der Waals surface area contributed by atoms with Crippen LogP contribution in [-0.2, 0) is 10.9 Å². The van der Waals surface area contributed by atoms with Gasteiger partial charge in [-0.1, -0.05) is 0 Å². The maximum absolute atomic E-state index is 13.3. The zero-order chi connectivity index (χ0) is 17.9. The Bertz CT molecular complexity index is 745. The minimum absolute atomic E-state index is 0.00200. The normalized spacial score (nSPS) is 11.2. The highest BCUT2D eigenvalue weighted by Gasteiger charge is 2.38. The number of carbonyl (C=O) groups excluding carboxylic acids is 1. The van der Waals surface area contributed by atoms with Crippen LogP contribution in [0.15, 0.2) is 12.3 Å². The van der Waals surface area contributed by atoms with E-state index in [2.05, 4.69) is 19.8 Å². The summed E-state index contributed by atoms with van der Waals surface area (Å²) >= 11 is 0. The van der Waals surface area contributed by atoms with E-state index in [-0.39, 0.29) is 24.2 Å². The van der Waals surface area contributed by atoms with Crippen LogP contribution in [0.3, 0.4) is 0 Å². The van der Waals surface area contributed by atoms with Gasteiger partial charge in [-0.3, -0.25) is 0 Å². The van der Waals surface area contributed by atoms with Gasteiger partial charge in [0.05, 0.1) is 27.0 Å². The molecule has 0 radical (unpaired) electrons. The van der Waals surface area contributed by atoms with Crippen LogP contribution in [0.2, 0.25) is 0 Å². The van der Waals surface area contributed by atoms with Crippen LogP contribution in [0.1, 0.15) is 23.1 Å². The molecular formula is C13H13F3N4O4. The monoisotopic (exact) mass is 346 g/mol. The highest BCUT2D eigenvalue weighted by Crippen LogP contribution is 2.33. The molecule has 130 valence electrons. The second-order valence-electron chi connectivity index (χ2n) is 4.30.